The molecule has 0 aromatic rings. The number of hydrogen-bond acceptors (Lipinski definition) is 3. The molecule has 96 valence electrons. The fourth-order valence-electron chi connectivity index (χ4n) is 2.74. The van der Waals surface area contributed by atoms with Crippen molar-refractivity contribution in [1.82, 2.24) is 5.32 Å². The summed E-state index contributed by atoms with van der Waals surface area (Å²) in [4.78, 5) is 23.1. The summed E-state index contributed by atoms with van der Waals surface area (Å²) < 4.78 is 0. The van der Waals surface area contributed by atoms with Crippen LogP contribution in [-0.4, -0.2) is 28.9 Å². The minimum absolute atomic E-state index is 0.0274. The van der Waals surface area contributed by atoms with E-state index in [0.717, 1.165) is 25.7 Å². The van der Waals surface area contributed by atoms with E-state index in [1.54, 1.807) is 0 Å². The molecule has 2 saturated carbocycles. The highest BCUT2D eigenvalue weighted by molar-refractivity contribution is 5.84. The van der Waals surface area contributed by atoms with Crippen molar-refractivity contribution in [1.29, 1.82) is 0 Å². The minimum atomic E-state index is -0.185. The Morgan fingerprint density at radius 2 is 1.65 bits per heavy atom. The summed E-state index contributed by atoms with van der Waals surface area (Å²) in [5, 5.41) is 12.5. The van der Waals surface area contributed by atoms with Gasteiger partial charge in [-0.3, -0.25) is 9.59 Å². The summed E-state index contributed by atoms with van der Waals surface area (Å²) in [6.45, 7) is 0. The molecule has 0 aliphatic heterocycles. The molecular formula is C13H21NO3. The Morgan fingerprint density at radius 1 is 1.06 bits per heavy atom. The Morgan fingerprint density at radius 3 is 2.24 bits per heavy atom. The summed E-state index contributed by atoms with van der Waals surface area (Å²) in [7, 11) is 0. The molecule has 0 atom stereocenters. The maximum Gasteiger partial charge on any atom is 0.223 e. The van der Waals surface area contributed by atoms with Gasteiger partial charge >= 0.3 is 0 Å². The molecule has 2 fully saturated rings. The molecule has 0 aromatic carbocycles. The number of carbonyl (C=O) groups is 2. The van der Waals surface area contributed by atoms with E-state index in [1.165, 1.54) is 0 Å². The average Bonchev–Trinajstić information content (AvgIpc) is 2.33. The van der Waals surface area contributed by atoms with Gasteiger partial charge in [0, 0.05) is 24.8 Å². The van der Waals surface area contributed by atoms with Crippen LogP contribution in [0.3, 0.4) is 0 Å². The molecule has 0 heterocycles. The number of hydrogen-bond donors (Lipinski definition) is 2. The summed E-state index contributed by atoms with van der Waals surface area (Å²) in [6, 6.07) is 0.225. The van der Waals surface area contributed by atoms with Gasteiger partial charge in [0.25, 0.3) is 0 Å². The standard InChI is InChI=1S/C13H21NO3/c15-11-5-1-9(2-6-11)13(17)14-10-3-7-12(16)8-4-10/h9-10,12,16H,1-8H2,(H,14,17). The van der Waals surface area contributed by atoms with Crippen LogP contribution in [0.15, 0.2) is 0 Å². The number of aliphatic hydroxyl groups excluding tert-OH is 1. The van der Waals surface area contributed by atoms with E-state index < -0.39 is 0 Å². The molecule has 0 bridgehead atoms. The van der Waals surface area contributed by atoms with Crippen LogP contribution >= 0.6 is 0 Å². The smallest absolute Gasteiger partial charge is 0.223 e. The molecule has 0 radical (unpaired) electrons. The molecule has 0 unspecified atom stereocenters. The number of carbonyl (C=O) groups excluding carboxylic acids is 2. The molecule has 4 heteroatoms. The van der Waals surface area contributed by atoms with Crippen LogP contribution in [-0.2, 0) is 9.59 Å². The van der Waals surface area contributed by atoms with Crippen molar-refractivity contribution in [3.8, 4) is 0 Å². The van der Waals surface area contributed by atoms with Crippen molar-refractivity contribution < 1.29 is 14.7 Å². The second-order valence-corrected chi connectivity index (χ2v) is 5.33. The Bertz CT molecular complexity index is 285. The lowest BCUT2D eigenvalue weighted by atomic mass is 9.87. The van der Waals surface area contributed by atoms with E-state index in [0.29, 0.717) is 25.7 Å². The minimum Gasteiger partial charge on any atom is -0.393 e. The number of rotatable bonds is 2. The number of amides is 1. The second-order valence-electron chi connectivity index (χ2n) is 5.33. The SMILES string of the molecule is O=C1CCC(C(=O)NC2CCC(O)CC2)CC1. The predicted molar refractivity (Wildman–Crippen MR) is 63.4 cm³/mol. The number of Topliss-reactive ketones (excluding diaryl/α,β-unsaturated/α-hetero) is 1. The molecule has 2 aliphatic rings. The largest absolute Gasteiger partial charge is 0.393 e. The van der Waals surface area contributed by atoms with Gasteiger partial charge in [-0.2, -0.15) is 0 Å². The molecular weight excluding hydrogens is 218 g/mol. The van der Waals surface area contributed by atoms with Crippen LogP contribution in [0.2, 0.25) is 0 Å². The predicted octanol–water partition coefficient (Wildman–Crippen LogP) is 1.17. The number of ketones is 1. The maximum atomic E-state index is 12.0. The van der Waals surface area contributed by atoms with Crippen molar-refractivity contribution >= 4 is 11.7 Å². The Labute approximate surface area is 102 Å². The van der Waals surface area contributed by atoms with Crippen LogP contribution in [0.1, 0.15) is 51.4 Å². The van der Waals surface area contributed by atoms with E-state index in [4.69, 9.17) is 0 Å². The zero-order valence-electron chi connectivity index (χ0n) is 10.2. The van der Waals surface area contributed by atoms with Gasteiger partial charge in [-0.1, -0.05) is 0 Å². The van der Waals surface area contributed by atoms with Crippen LogP contribution < -0.4 is 5.32 Å². The molecule has 0 spiro atoms. The monoisotopic (exact) mass is 239 g/mol. The van der Waals surface area contributed by atoms with Crippen molar-refractivity contribution in [3.63, 3.8) is 0 Å². The topological polar surface area (TPSA) is 66.4 Å². The van der Waals surface area contributed by atoms with E-state index in [2.05, 4.69) is 5.32 Å². The summed E-state index contributed by atoms with van der Waals surface area (Å²) in [5.74, 6) is 0.424. The highest BCUT2D eigenvalue weighted by Gasteiger charge is 2.27. The lowest BCUT2D eigenvalue weighted by molar-refractivity contribution is -0.129. The Balaban J connectivity index is 1.75. The number of aliphatic hydroxyl groups is 1. The van der Waals surface area contributed by atoms with E-state index in [-0.39, 0.29) is 29.8 Å². The fraction of sp³-hybridized carbons (Fsp3) is 0.846. The van der Waals surface area contributed by atoms with E-state index >= 15 is 0 Å². The first-order chi connectivity index (χ1) is 8.15. The maximum absolute atomic E-state index is 12.0. The lowest BCUT2D eigenvalue weighted by Crippen LogP contribution is -2.42. The van der Waals surface area contributed by atoms with Crippen LogP contribution in [0.4, 0.5) is 0 Å². The van der Waals surface area contributed by atoms with Gasteiger partial charge in [-0.25, -0.2) is 0 Å². The van der Waals surface area contributed by atoms with Gasteiger partial charge in [0.2, 0.25) is 5.91 Å². The molecule has 4 nitrogen and oxygen atoms in total. The lowest BCUT2D eigenvalue weighted by Gasteiger charge is -2.28. The van der Waals surface area contributed by atoms with Gasteiger partial charge in [0.1, 0.15) is 5.78 Å². The van der Waals surface area contributed by atoms with Gasteiger partial charge in [-0.05, 0) is 38.5 Å². The molecule has 2 aliphatic carbocycles. The van der Waals surface area contributed by atoms with Crippen molar-refractivity contribution in [2.75, 3.05) is 0 Å². The van der Waals surface area contributed by atoms with Crippen molar-refractivity contribution in [2.24, 2.45) is 5.92 Å². The Kier molecular flexibility index (Phi) is 4.15. The molecule has 0 aromatic heterocycles. The van der Waals surface area contributed by atoms with Gasteiger partial charge in [0.05, 0.1) is 6.10 Å². The first-order valence-electron chi connectivity index (χ1n) is 6.65. The Hall–Kier alpha value is -0.900. The summed E-state index contributed by atoms with van der Waals surface area (Å²) in [6.07, 6.45) is 5.66. The first kappa shape index (κ1) is 12.6. The summed E-state index contributed by atoms with van der Waals surface area (Å²) >= 11 is 0. The quantitative estimate of drug-likeness (QED) is 0.760. The molecule has 2 N–H and O–H groups in total. The molecule has 2 rings (SSSR count). The number of nitrogens with one attached hydrogen (secondary N) is 1. The van der Waals surface area contributed by atoms with Crippen molar-refractivity contribution in [2.45, 2.75) is 63.5 Å². The van der Waals surface area contributed by atoms with Gasteiger partial charge in [0.15, 0.2) is 0 Å². The fourth-order valence-corrected chi connectivity index (χ4v) is 2.74. The van der Waals surface area contributed by atoms with Crippen LogP contribution in [0, 0.1) is 5.92 Å². The second kappa shape index (κ2) is 5.63. The van der Waals surface area contributed by atoms with Crippen LogP contribution in [0.5, 0.6) is 0 Å². The summed E-state index contributed by atoms with van der Waals surface area (Å²) in [5.41, 5.74) is 0. The zero-order chi connectivity index (χ0) is 12.3. The molecule has 0 saturated heterocycles. The third kappa shape index (κ3) is 3.53. The first-order valence-corrected chi connectivity index (χ1v) is 6.65. The van der Waals surface area contributed by atoms with Gasteiger partial charge in [-0.15, -0.1) is 0 Å². The highest BCUT2D eigenvalue weighted by atomic mass is 16.3. The van der Waals surface area contributed by atoms with E-state index in [1.807, 2.05) is 0 Å². The molecule has 1 amide bonds. The molecule has 17 heavy (non-hydrogen) atoms. The third-order valence-electron chi connectivity index (χ3n) is 3.96. The third-order valence-corrected chi connectivity index (χ3v) is 3.96. The van der Waals surface area contributed by atoms with Gasteiger partial charge < -0.3 is 10.4 Å². The highest BCUT2D eigenvalue weighted by Crippen LogP contribution is 2.23. The zero-order valence-corrected chi connectivity index (χ0v) is 10.2. The van der Waals surface area contributed by atoms with Crippen LogP contribution in [0.25, 0.3) is 0 Å². The van der Waals surface area contributed by atoms with Crippen molar-refractivity contribution in [3.05, 3.63) is 0 Å². The van der Waals surface area contributed by atoms with E-state index in [9.17, 15) is 14.7 Å². The average molecular weight is 239 g/mol. The normalized spacial score (nSPS) is 31.2.